The maximum atomic E-state index is 5.32. The molecule has 1 aromatic carbocycles. The molecule has 2 heteroatoms. The summed E-state index contributed by atoms with van der Waals surface area (Å²) in [6, 6.07) is 9.40. The molecule has 1 aromatic rings. The summed E-state index contributed by atoms with van der Waals surface area (Å²) in [6.07, 6.45) is 3.47. The number of ether oxygens (including phenoxy) is 1. The number of rotatable bonds is 9. The van der Waals surface area contributed by atoms with Gasteiger partial charge in [-0.1, -0.05) is 37.6 Å². The number of hydrogen-bond acceptors (Lipinski definition) is 2. The minimum Gasteiger partial charge on any atom is -0.382 e. The Balaban J connectivity index is 2.30. The van der Waals surface area contributed by atoms with E-state index in [4.69, 9.17) is 4.74 Å². The molecule has 102 valence electrons. The summed E-state index contributed by atoms with van der Waals surface area (Å²) in [4.78, 5) is 0. The van der Waals surface area contributed by atoms with Crippen molar-refractivity contribution in [3.63, 3.8) is 0 Å². The summed E-state index contributed by atoms with van der Waals surface area (Å²) >= 11 is 0. The van der Waals surface area contributed by atoms with Gasteiger partial charge in [-0.15, -0.1) is 0 Å². The quantitative estimate of drug-likeness (QED) is 0.674. The Morgan fingerprint density at radius 1 is 1.17 bits per heavy atom. The van der Waals surface area contributed by atoms with E-state index in [1.54, 1.807) is 0 Å². The average molecular weight is 249 g/mol. The minimum atomic E-state index is 0.419. The van der Waals surface area contributed by atoms with Crippen LogP contribution in [-0.4, -0.2) is 19.8 Å². The lowest BCUT2D eigenvalue weighted by Crippen LogP contribution is -2.21. The van der Waals surface area contributed by atoms with Crippen molar-refractivity contribution in [1.29, 1.82) is 0 Å². The standard InChI is InChI=1S/C16H27NO/c1-4-7-15-8-10-16(11-9-15)14(3)17-12-6-13-18-5-2/h8-11,14,17H,4-7,12-13H2,1-3H3. The molecule has 0 amide bonds. The normalized spacial score (nSPS) is 12.6. The van der Waals surface area contributed by atoms with Crippen LogP contribution in [0.1, 0.15) is 50.8 Å². The molecule has 0 aromatic heterocycles. The Hall–Kier alpha value is -0.860. The first-order chi connectivity index (χ1) is 8.77. The van der Waals surface area contributed by atoms with Crippen LogP contribution in [0.15, 0.2) is 24.3 Å². The van der Waals surface area contributed by atoms with Crippen LogP contribution < -0.4 is 5.32 Å². The van der Waals surface area contributed by atoms with Crippen LogP contribution in [0.5, 0.6) is 0 Å². The molecule has 0 aliphatic rings. The Bertz CT molecular complexity index is 307. The number of hydrogen-bond donors (Lipinski definition) is 1. The van der Waals surface area contributed by atoms with Crippen molar-refractivity contribution in [3.8, 4) is 0 Å². The topological polar surface area (TPSA) is 21.3 Å². The summed E-state index contributed by atoms with van der Waals surface area (Å²) in [5, 5.41) is 3.53. The Labute approximate surface area is 112 Å². The molecule has 0 radical (unpaired) electrons. The SMILES string of the molecule is CCCc1ccc(C(C)NCCCOCC)cc1. The summed E-state index contributed by atoms with van der Waals surface area (Å²) in [5.41, 5.74) is 2.80. The largest absolute Gasteiger partial charge is 0.382 e. The highest BCUT2D eigenvalue weighted by Gasteiger charge is 2.03. The van der Waals surface area contributed by atoms with Gasteiger partial charge in [0.25, 0.3) is 0 Å². The molecule has 0 aliphatic heterocycles. The van der Waals surface area contributed by atoms with E-state index in [1.165, 1.54) is 24.0 Å². The fraction of sp³-hybridized carbons (Fsp3) is 0.625. The smallest absolute Gasteiger partial charge is 0.0477 e. The first-order valence-electron chi connectivity index (χ1n) is 7.17. The van der Waals surface area contributed by atoms with Crippen molar-refractivity contribution >= 4 is 0 Å². The Kier molecular flexibility index (Phi) is 7.70. The minimum absolute atomic E-state index is 0.419. The highest BCUT2D eigenvalue weighted by atomic mass is 16.5. The Morgan fingerprint density at radius 2 is 1.89 bits per heavy atom. The third-order valence-electron chi connectivity index (χ3n) is 3.14. The van der Waals surface area contributed by atoms with Crippen LogP contribution in [0.3, 0.4) is 0 Å². The predicted octanol–water partition coefficient (Wildman–Crippen LogP) is 3.72. The lowest BCUT2D eigenvalue weighted by Gasteiger charge is -2.14. The van der Waals surface area contributed by atoms with Gasteiger partial charge in [0.2, 0.25) is 0 Å². The van der Waals surface area contributed by atoms with E-state index in [0.29, 0.717) is 6.04 Å². The molecular formula is C16H27NO. The van der Waals surface area contributed by atoms with Gasteiger partial charge in [-0.25, -0.2) is 0 Å². The first-order valence-corrected chi connectivity index (χ1v) is 7.17. The second-order valence-electron chi connectivity index (χ2n) is 4.72. The van der Waals surface area contributed by atoms with Crippen LogP contribution in [-0.2, 0) is 11.2 Å². The summed E-state index contributed by atoms with van der Waals surface area (Å²) < 4.78 is 5.32. The van der Waals surface area contributed by atoms with Crippen molar-refractivity contribution in [1.82, 2.24) is 5.32 Å². The van der Waals surface area contributed by atoms with Gasteiger partial charge in [0, 0.05) is 19.3 Å². The molecule has 0 saturated carbocycles. The third-order valence-corrected chi connectivity index (χ3v) is 3.14. The number of aryl methyl sites for hydroxylation is 1. The van der Waals surface area contributed by atoms with Crippen molar-refractivity contribution in [2.24, 2.45) is 0 Å². The maximum Gasteiger partial charge on any atom is 0.0477 e. The van der Waals surface area contributed by atoms with Crippen molar-refractivity contribution in [2.75, 3.05) is 19.8 Å². The highest BCUT2D eigenvalue weighted by molar-refractivity contribution is 5.24. The van der Waals surface area contributed by atoms with E-state index >= 15 is 0 Å². The van der Waals surface area contributed by atoms with Crippen LogP contribution in [0.25, 0.3) is 0 Å². The lowest BCUT2D eigenvalue weighted by atomic mass is 10.0. The molecule has 18 heavy (non-hydrogen) atoms. The molecule has 1 N–H and O–H groups in total. The molecule has 1 atom stereocenters. The van der Waals surface area contributed by atoms with Gasteiger partial charge in [-0.05, 0) is 44.4 Å². The van der Waals surface area contributed by atoms with Gasteiger partial charge < -0.3 is 10.1 Å². The zero-order chi connectivity index (χ0) is 13.2. The number of nitrogens with one attached hydrogen (secondary N) is 1. The molecule has 0 fully saturated rings. The maximum absolute atomic E-state index is 5.32. The van der Waals surface area contributed by atoms with E-state index in [9.17, 15) is 0 Å². The van der Waals surface area contributed by atoms with E-state index in [2.05, 4.69) is 43.4 Å². The molecule has 1 rings (SSSR count). The van der Waals surface area contributed by atoms with Gasteiger partial charge in [0.15, 0.2) is 0 Å². The van der Waals surface area contributed by atoms with Crippen LogP contribution >= 0.6 is 0 Å². The predicted molar refractivity (Wildman–Crippen MR) is 78.0 cm³/mol. The first kappa shape index (κ1) is 15.2. The highest BCUT2D eigenvalue weighted by Crippen LogP contribution is 2.14. The summed E-state index contributed by atoms with van der Waals surface area (Å²) in [5.74, 6) is 0. The van der Waals surface area contributed by atoms with Crippen molar-refractivity contribution < 1.29 is 4.74 Å². The van der Waals surface area contributed by atoms with Gasteiger partial charge >= 0.3 is 0 Å². The lowest BCUT2D eigenvalue weighted by molar-refractivity contribution is 0.144. The van der Waals surface area contributed by atoms with E-state index in [0.717, 1.165) is 26.2 Å². The fourth-order valence-corrected chi connectivity index (χ4v) is 2.02. The molecule has 0 saturated heterocycles. The monoisotopic (exact) mass is 249 g/mol. The molecule has 0 bridgehead atoms. The zero-order valence-corrected chi connectivity index (χ0v) is 12.0. The van der Waals surface area contributed by atoms with Crippen molar-refractivity contribution in [3.05, 3.63) is 35.4 Å². The van der Waals surface area contributed by atoms with Gasteiger partial charge in [-0.2, -0.15) is 0 Å². The molecule has 0 aliphatic carbocycles. The number of benzene rings is 1. The van der Waals surface area contributed by atoms with E-state index in [1.807, 2.05) is 6.92 Å². The second-order valence-corrected chi connectivity index (χ2v) is 4.72. The molecule has 2 nitrogen and oxygen atoms in total. The van der Waals surface area contributed by atoms with Crippen LogP contribution in [0.2, 0.25) is 0 Å². The van der Waals surface area contributed by atoms with Gasteiger partial charge in [0.05, 0.1) is 0 Å². The van der Waals surface area contributed by atoms with Crippen LogP contribution in [0.4, 0.5) is 0 Å². The molecule has 0 heterocycles. The molecule has 1 unspecified atom stereocenters. The average Bonchev–Trinajstić information content (AvgIpc) is 2.39. The fourth-order valence-electron chi connectivity index (χ4n) is 2.02. The summed E-state index contributed by atoms with van der Waals surface area (Å²) in [6.45, 7) is 9.15. The third kappa shape index (κ3) is 5.65. The molecular weight excluding hydrogens is 222 g/mol. The van der Waals surface area contributed by atoms with Gasteiger partial charge in [-0.3, -0.25) is 0 Å². The zero-order valence-electron chi connectivity index (χ0n) is 12.0. The Morgan fingerprint density at radius 3 is 2.50 bits per heavy atom. The summed E-state index contributed by atoms with van der Waals surface area (Å²) in [7, 11) is 0. The van der Waals surface area contributed by atoms with Crippen molar-refractivity contribution in [2.45, 2.75) is 46.1 Å². The van der Waals surface area contributed by atoms with E-state index < -0.39 is 0 Å². The second kappa shape index (κ2) is 9.12. The van der Waals surface area contributed by atoms with E-state index in [-0.39, 0.29) is 0 Å². The van der Waals surface area contributed by atoms with Gasteiger partial charge in [0.1, 0.15) is 0 Å². The molecule has 0 spiro atoms. The van der Waals surface area contributed by atoms with Crippen LogP contribution in [0, 0.1) is 0 Å².